The molecule has 0 saturated carbocycles. The molecule has 1 aromatic rings. The van der Waals surface area contributed by atoms with E-state index in [9.17, 15) is 0 Å². The molecule has 0 spiro atoms. The molecule has 3 rings (SSSR count). The van der Waals surface area contributed by atoms with Crippen LogP contribution in [0, 0.1) is 0 Å². The Bertz CT molecular complexity index is 390. The zero-order valence-electron chi connectivity index (χ0n) is 10.6. The molecular weight excluding hydrogens is 212 g/mol. The molecule has 2 heterocycles. The molecule has 1 aromatic heterocycles. The Morgan fingerprint density at radius 2 is 2.24 bits per heavy atom. The number of aromatic nitrogens is 2. The highest BCUT2D eigenvalue weighted by molar-refractivity contribution is 5.35. The average molecular weight is 234 g/mol. The Hall–Kier alpha value is -1.03. The van der Waals surface area contributed by atoms with Gasteiger partial charge < -0.3 is 15.2 Å². The van der Waals surface area contributed by atoms with Crippen molar-refractivity contribution in [3.05, 3.63) is 11.4 Å². The first kappa shape index (κ1) is 11.1. The molecule has 0 bridgehead atoms. The zero-order valence-corrected chi connectivity index (χ0v) is 10.6. The lowest BCUT2D eigenvalue weighted by Crippen LogP contribution is -2.30. The molecule has 2 aliphatic rings. The van der Waals surface area contributed by atoms with Crippen LogP contribution < -0.4 is 10.6 Å². The summed E-state index contributed by atoms with van der Waals surface area (Å²) in [6, 6.07) is 0.628. The molecule has 1 unspecified atom stereocenters. The number of aryl methyl sites for hydroxylation is 1. The van der Waals surface area contributed by atoms with Crippen LogP contribution in [-0.2, 0) is 19.9 Å². The van der Waals surface area contributed by atoms with Gasteiger partial charge in [-0.1, -0.05) is 0 Å². The third-order valence-corrected chi connectivity index (χ3v) is 4.04. The van der Waals surface area contributed by atoms with Crippen LogP contribution in [0.1, 0.15) is 37.1 Å². The van der Waals surface area contributed by atoms with Gasteiger partial charge in [-0.15, -0.1) is 0 Å². The van der Waals surface area contributed by atoms with Crippen molar-refractivity contribution in [1.29, 1.82) is 0 Å². The van der Waals surface area contributed by atoms with Crippen molar-refractivity contribution in [2.24, 2.45) is 7.05 Å². The second-order valence-corrected chi connectivity index (χ2v) is 5.27. The molecule has 4 heteroatoms. The zero-order chi connectivity index (χ0) is 11.7. The van der Waals surface area contributed by atoms with Gasteiger partial charge in [0.2, 0.25) is 5.95 Å². The van der Waals surface area contributed by atoms with Crippen LogP contribution in [0.2, 0.25) is 0 Å². The number of nitrogens with zero attached hydrogens (tertiary/aromatic N) is 2. The predicted molar refractivity (Wildman–Crippen MR) is 69.4 cm³/mol. The maximum absolute atomic E-state index is 4.74. The van der Waals surface area contributed by atoms with Crippen molar-refractivity contribution in [3.63, 3.8) is 0 Å². The molecule has 94 valence electrons. The summed E-state index contributed by atoms with van der Waals surface area (Å²) in [6.07, 6.45) is 7.57. The Labute approximate surface area is 103 Å². The van der Waals surface area contributed by atoms with E-state index in [1.165, 1.54) is 50.0 Å². The largest absolute Gasteiger partial charge is 0.354 e. The molecule has 17 heavy (non-hydrogen) atoms. The second kappa shape index (κ2) is 4.69. The molecule has 1 aliphatic heterocycles. The molecule has 1 saturated heterocycles. The molecule has 1 fully saturated rings. The Balaban J connectivity index is 1.68. The number of imidazole rings is 1. The number of fused-ring (bicyclic) bond motifs is 1. The van der Waals surface area contributed by atoms with Gasteiger partial charge in [0.1, 0.15) is 0 Å². The normalized spacial score (nSPS) is 23.7. The summed E-state index contributed by atoms with van der Waals surface area (Å²) in [5, 5.41) is 7.01. The van der Waals surface area contributed by atoms with Crippen LogP contribution in [0.3, 0.4) is 0 Å². The number of hydrogen-bond donors (Lipinski definition) is 2. The van der Waals surface area contributed by atoms with Crippen molar-refractivity contribution in [2.45, 2.75) is 44.6 Å². The molecule has 0 amide bonds. The first-order valence-corrected chi connectivity index (χ1v) is 6.86. The van der Waals surface area contributed by atoms with Crippen molar-refractivity contribution in [3.8, 4) is 0 Å². The second-order valence-electron chi connectivity index (χ2n) is 5.27. The Morgan fingerprint density at radius 3 is 3.00 bits per heavy atom. The Morgan fingerprint density at radius 1 is 1.35 bits per heavy atom. The lowest BCUT2D eigenvalue weighted by molar-refractivity contribution is 0.626. The van der Waals surface area contributed by atoms with Gasteiger partial charge in [0.15, 0.2) is 0 Å². The highest BCUT2D eigenvalue weighted by atomic mass is 15.2. The monoisotopic (exact) mass is 234 g/mol. The molecule has 1 atom stereocenters. The van der Waals surface area contributed by atoms with Gasteiger partial charge in [-0.25, -0.2) is 4.98 Å². The van der Waals surface area contributed by atoms with Crippen molar-refractivity contribution in [1.82, 2.24) is 14.9 Å². The van der Waals surface area contributed by atoms with E-state index in [0.717, 1.165) is 18.9 Å². The van der Waals surface area contributed by atoms with E-state index in [1.54, 1.807) is 0 Å². The van der Waals surface area contributed by atoms with Crippen molar-refractivity contribution >= 4 is 5.95 Å². The van der Waals surface area contributed by atoms with Crippen LogP contribution in [0.15, 0.2) is 0 Å². The van der Waals surface area contributed by atoms with Crippen molar-refractivity contribution in [2.75, 3.05) is 18.4 Å². The summed E-state index contributed by atoms with van der Waals surface area (Å²) >= 11 is 0. The maximum Gasteiger partial charge on any atom is 0.203 e. The van der Waals surface area contributed by atoms with E-state index in [1.807, 2.05) is 0 Å². The van der Waals surface area contributed by atoms with Gasteiger partial charge in [-0.05, 0) is 45.1 Å². The SMILES string of the molecule is Cn1c(NCC2CCCN2)nc2c1CCCC2. The van der Waals surface area contributed by atoms with E-state index in [2.05, 4.69) is 22.2 Å². The minimum absolute atomic E-state index is 0.628. The highest BCUT2D eigenvalue weighted by Crippen LogP contribution is 2.23. The summed E-state index contributed by atoms with van der Waals surface area (Å²) in [5.74, 6) is 1.06. The maximum atomic E-state index is 4.74. The lowest BCUT2D eigenvalue weighted by atomic mass is 10.0. The van der Waals surface area contributed by atoms with Gasteiger partial charge in [0.25, 0.3) is 0 Å². The fourth-order valence-corrected chi connectivity index (χ4v) is 2.99. The first-order chi connectivity index (χ1) is 8.34. The minimum Gasteiger partial charge on any atom is -0.354 e. The molecule has 4 nitrogen and oxygen atoms in total. The van der Waals surface area contributed by atoms with Crippen LogP contribution in [0.5, 0.6) is 0 Å². The molecule has 0 radical (unpaired) electrons. The summed E-state index contributed by atoms with van der Waals surface area (Å²) in [7, 11) is 2.14. The number of anilines is 1. The first-order valence-electron chi connectivity index (χ1n) is 6.86. The predicted octanol–water partition coefficient (Wildman–Crippen LogP) is 1.46. The van der Waals surface area contributed by atoms with E-state index < -0.39 is 0 Å². The van der Waals surface area contributed by atoms with Gasteiger partial charge >= 0.3 is 0 Å². The summed E-state index contributed by atoms with van der Waals surface area (Å²) in [6.45, 7) is 2.17. The summed E-state index contributed by atoms with van der Waals surface area (Å²) < 4.78 is 2.25. The lowest BCUT2D eigenvalue weighted by Gasteiger charge is -2.13. The van der Waals surface area contributed by atoms with E-state index in [0.29, 0.717) is 6.04 Å². The van der Waals surface area contributed by atoms with E-state index in [-0.39, 0.29) is 0 Å². The molecular formula is C13H22N4. The molecule has 1 aliphatic carbocycles. The highest BCUT2D eigenvalue weighted by Gasteiger charge is 2.19. The van der Waals surface area contributed by atoms with Crippen LogP contribution >= 0.6 is 0 Å². The van der Waals surface area contributed by atoms with Gasteiger partial charge in [0.05, 0.1) is 5.69 Å². The third-order valence-electron chi connectivity index (χ3n) is 4.04. The van der Waals surface area contributed by atoms with Crippen molar-refractivity contribution < 1.29 is 0 Å². The third kappa shape index (κ3) is 2.18. The van der Waals surface area contributed by atoms with Crippen LogP contribution in [-0.4, -0.2) is 28.7 Å². The average Bonchev–Trinajstić information content (AvgIpc) is 2.96. The van der Waals surface area contributed by atoms with Crippen LogP contribution in [0.4, 0.5) is 5.95 Å². The minimum atomic E-state index is 0.628. The van der Waals surface area contributed by atoms with E-state index >= 15 is 0 Å². The fourth-order valence-electron chi connectivity index (χ4n) is 2.99. The van der Waals surface area contributed by atoms with Gasteiger partial charge in [-0.3, -0.25) is 0 Å². The standard InChI is InChI=1S/C13H22N4/c1-17-12-7-3-2-6-11(12)16-13(17)15-9-10-5-4-8-14-10/h10,14H,2-9H2,1H3,(H,15,16). The fraction of sp³-hybridized carbons (Fsp3) is 0.769. The Kier molecular flexibility index (Phi) is 3.05. The molecule has 0 aromatic carbocycles. The summed E-state index contributed by atoms with van der Waals surface area (Å²) in [4.78, 5) is 4.74. The topological polar surface area (TPSA) is 41.9 Å². The smallest absolute Gasteiger partial charge is 0.203 e. The van der Waals surface area contributed by atoms with Crippen LogP contribution in [0.25, 0.3) is 0 Å². The quantitative estimate of drug-likeness (QED) is 0.832. The number of hydrogen-bond acceptors (Lipinski definition) is 3. The van der Waals surface area contributed by atoms with E-state index in [4.69, 9.17) is 4.98 Å². The van der Waals surface area contributed by atoms with Gasteiger partial charge in [-0.2, -0.15) is 0 Å². The van der Waals surface area contributed by atoms with Gasteiger partial charge in [0, 0.05) is 25.3 Å². The molecule has 2 N–H and O–H groups in total. The number of rotatable bonds is 3. The summed E-state index contributed by atoms with van der Waals surface area (Å²) in [5.41, 5.74) is 2.76. The number of nitrogens with one attached hydrogen (secondary N) is 2.